The highest BCUT2D eigenvalue weighted by molar-refractivity contribution is 5.89. The van der Waals surface area contributed by atoms with Gasteiger partial charge in [-0.25, -0.2) is 0 Å². The molecule has 1 atom stereocenters. The Labute approximate surface area is 156 Å². The minimum Gasteiger partial charge on any atom is -0.343 e. The molecule has 6 heteroatoms. The van der Waals surface area contributed by atoms with E-state index < -0.39 is 0 Å². The molecule has 1 aromatic rings. The van der Waals surface area contributed by atoms with E-state index in [9.17, 15) is 9.59 Å². The first-order chi connectivity index (χ1) is 11.7. The van der Waals surface area contributed by atoms with Crippen LogP contribution in [0.5, 0.6) is 0 Å². The van der Waals surface area contributed by atoms with Crippen molar-refractivity contribution < 1.29 is 9.59 Å². The molecule has 2 heterocycles. The summed E-state index contributed by atoms with van der Waals surface area (Å²) in [5, 5.41) is 3.23. The molecule has 5 nitrogen and oxygen atoms in total. The van der Waals surface area contributed by atoms with Crippen LogP contribution < -0.4 is 5.32 Å². The molecule has 1 aromatic carbocycles. The van der Waals surface area contributed by atoms with Gasteiger partial charge in [-0.3, -0.25) is 9.59 Å². The zero-order valence-corrected chi connectivity index (χ0v) is 15.5. The molecule has 0 aromatic heterocycles. The van der Waals surface area contributed by atoms with E-state index in [-0.39, 0.29) is 36.7 Å². The van der Waals surface area contributed by atoms with Crippen LogP contribution >= 0.6 is 12.4 Å². The SMILES string of the molecule is Cl.O=C(CC1NCCN(Cc2ccccc2)C1=O)N1CCCCCC1. The maximum atomic E-state index is 12.7. The van der Waals surface area contributed by atoms with Gasteiger partial charge in [0, 0.05) is 32.7 Å². The Bertz CT molecular complexity index is 559. The van der Waals surface area contributed by atoms with Crippen molar-refractivity contribution >= 4 is 24.2 Å². The van der Waals surface area contributed by atoms with Gasteiger partial charge in [-0.05, 0) is 18.4 Å². The number of nitrogens with one attached hydrogen (secondary N) is 1. The smallest absolute Gasteiger partial charge is 0.240 e. The molecule has 2 saturated heterocycles. The topological polar surface area (TPSA) is 52.7 Å². The second-order valence-corrected chi connectivity index (χ2v) is 6.75. The number of carbonyl (C=O) groups excluding carboxylic acids is 2. The van der Waals surface area contributed by atoms with Gasteiger partial charge < -0.3 is 15.1 Å². The number of nitrogens with zero attached hydrogens (tertiary/aromatic N) is 2. The van der Waals surface area contributed by atoms with Gasteiger partial charge in [0.1, 0.15) is 0 Å². The van der Waals surface area contributed by atoms with Crippen molar-refractivity contribution in [1.82, 2.24) is 15.1 Å². The number of benzene rings is 1. The predicted octanol–water partition coefficient (Wildman–Crippen LogP) is 2.20. The van der Waals surface area contributed by atoms with Crippen LogP contribution in [0.4, 0.5) is 0 Å². The molecule has 0 aliphatic carbocycles. The average Bonchev–Trinajstić information content (AvgIpc) is 2.89. The molecule has 2 aliphatic heterocycles. The summed E-state index contributed by atoms with van der Waals surface area (Å²) in [6.07, 6.45) is 4.85. The number of halogens is 1. The zero-order chi connectivity index (χ0) is 16.8. The molecule has 25 heavy (non-hydrogen) atoms. The summed E-state index contributed by atoms with van der Waals surface area (Å²) in [6, 6.07) is 9.65. The number of likely N-dealkylation sites (tertiary alicyclic amines) is 1. The van der Waals surface area contributed by atoms with E-state index in [1.54, 1.807) is 0 Å². The number of piperazine rings is 1. The fourth-order valence-electron chi connectivity index (χ4n) is 3.54. The van der Waals surface area contributed by atoms with E-state index >= 15 is 0 Å². The number of amides is 2. The summed E-state index contributed by atoms with van der Waals surface area (Å²) in [7, 11) is 0. The van der Waals surface area contributed by atoms with Crippen molar-refractivity contribution in [2.45, 2.75) is 44.7 Å². The van der Waals surface area contributed by atoms with Crippen LogP contribution in [0.25, 0.3) is 0 Å². The van der Waals surface area contributed by atoms with Gasteiger partial charge in [-0.1, -0.05) is 43.2 Å². The Balaban J connectivity index is 0.00000225. The van der Waals surface area contributed by atoms with E-state index in [0.29, 0.717) is 13.1 Å². The lowest BCUT2D eigenvalue weighted by Crippen LogP contribution is -2.56. The van der Waals surface area contributed by atoms with Crippen molar-refractivity contribution in [3.63, 3.8) is 0 Å². The van der Waals surface area contributed by atoms with Gasteiger partial charge >= 0.3 is 0 Å². The van der Waals surface area contributed by atoms with Crippen LogP contribution in [0.2, 0.25) is 0 Å². The van der Waals surface area contributed by atoms with E-state index in [1.165, 1.54) is 12.8 Å². The van der Waals surface area contributed by atoms with Crippen LogP contribution in [0.15, 0.2) is 30.3 Å². The molecule has 1 unspecified atom stereocenters. The molecule has 1 N–H and O–H groups in total. The molecule has 0 radical (unpaired) electrons. The molecular weight excluding hydrogens is 338 g/mol. The van der Waals surface area contributed by atoms with E-state index in [2.05, 4.69) is 5.32 Å². The second-order valence-electron chi connectivity index (χ2n) is 6.75. The zero-order valence-electron chi connectivity index (χ0n) is 14.7. The maximum absolute atomic E-state index is 12.7. The summed E-state index contributed by atoms with van der Waals surface area (Å²) in [5.74, 6) is 0.164. The maximum Gasteiger partial charge on any atom is 0.240 e. The first-order valence-corrected chi connectivity index (χ1v) is 9.08. The van der Waals surface area contributed by atoms with Gasteiger partial charge in [0.15, 0.2) is 0 Å². The van der Waals surface area contributed by atoms with Gasteiger partial charge in [-0.2, -0.15) is 0 Å². The van der Waals surface area contributed by atoms with Crippen molar-refractivity contribution in [3.8, 4) is 0 Å². The summed E-state index contributed by atoms with van der Waals surface area (Å²) in [4.78, 5) is 29.1. The van der Waals surface area contributed by atoms with Crippen molar-refractivity contribution in [3.05, 3.63) is 35.9 Å². The number of rotatable bonds is 4. The minimum absolute atomic E-state index is 0. The molecule has 2 amide bonds. The number of carbonyl (C=O) groups is 2. The van der Waals surface area contributed by atoms with Crippen LogP contribution in [0.3, 0.4) is 0 Å². The highest BCUT2D eigenvalue weighted by Crippen LogP contribution is 2.14. The standard InChI is InChI=1S/C19H27N3O2.ClH/c23-18(21-11-6-1-2-7-12-21)14-17-19(24)22(13-10-20-17)15-16-8-4-3-5-9-16;/h3-5,8-9,17,20H,1-2,6-7,10-15H2;1H. The average molecular weight is 366 g/mol. The van der Waals surface area contributed by atoms with Crippen molar-refractivity contribution in [2.24, 2.45) is 0 Å². The third kappa shape index (κ3) is 5.44. The second kappa shape index (κ2) is 9.78. The van der Waals surface area contributed by atoms with Crippen LogP contribution in [0, 0.1) is 0 Å². The minimum atomic E-state index is -0.377. The van der Waals surface area contributed by atoms with E-state index in [1.807, 2.05) is 40.1 Å². The summed E-state index contributed by atoms with van der Waals surface area (Å²) < 4.78 is 0. The Kier molecular flexibility index (Phi) is 7.72. The first-order valence-electron chi connectivity index (χ1n) is 9.08. The highest BCUT2D eigenvalue weighted by Gasteiger charge is 2.31. The van der Waals surface area contributed by atoms with Crippen molar-refractivity contribution in [2.75, 3.05) is 26.2 Å². The molecule has 2 aliphatic rings. The molecule has 138 valence electrons. The summed E-state index contributed by atoms with van der Waals surface area (Å²) in [5.41, 5.74) is 1.13. The fraction of sp³-hybridized carbons (Fsp3) is 0.579. The van der Waals surface area contributed by atoms with Gasteiger partial charge in [0.05, 0.1) is 12.5 Å². The molecule has 3 rings (SSSR count). The Morgan fingerprint density at radius 3 is 2.40 bits per heavy atom. The Hall–Kier alpha value is -1.59. The van der Waals surface area contributed by atoms with E-state index in [0.717, 1.165) is 38.0 Å². The molecular formula is C19H28ClN3O2. The van der Waals surface area contributed by atoms with Crippen LogP contribution in [-0.2, 0) is 16.1 Å². The summed E-state index contributed by atoms with van der Waals surface area (Å²) >= 11 is 0. The van der Waals surface area contributed by atoms with Crippen LogP contribution in [0.1, 0.15) is 37.7 Å². The fourth-order valence-corrected chi connectivity index (χ4v) is 3.54. The van der Waals surface area contributed by atoms with Gasteiger partial charge in [-0.15, -0.1) is 12.4 Å². The van der Waals surface area contributed by atoms with E-state index in [4.69, 9.17) is 0 Å². The Morgan fingerprint density at radius 1 is 1.04 bits per heavy atom. The lowest BCUT2D eigenvalue weighted by molar-refractivity contribution is -0.141. The number of hydrogen-bond acceptors (Lipinski definition) is 3. The number of hydrogen-bond donors (Lipinski definition) is 1. The Morgan fingerprint density at radius 2 is 1.72 bits per heavy atom. The van der Waals surface area contributed by atoms with Gasteiger partial charge in [0.2, 0.25) is 11.8 Å². The first kappa shape index (κ1) is 19.7. The monoisotopic (exact) mass is 365 g/mol. The third-order valence-corrected chi connectivity index (χ3v) is 4.94. The largest absolute Gasteiger partial charge is 0.343 e. The molecule has 0 spiro atoms. The summed E-state index contributed by atoms with van der Waals surface area (Å²) in [6.45, 7) is 3.75. The van der Waals surface area contributed by atoms with Crippen LogP contribution in [-0.4, -0.2) is 53.8 Å². The lowest BCUT2D eigenvalue weighted by Gasteiger charge is -2.34. The third-order valence-electron chi connectivity index (χ3n) is 4.94. The molecule has 2 fully saturated rings. The van der Waals surface area contributed by atoms with Gasteiger partial charge in [0.25, 0.3) is 0 Å². The quantitative estimate of drug-likeness (QED) is 0.890. The highest BCUT2D eigenvalue weighted by atomic mass is 35.5. The van der Waals surface area contributed by atoms with Crippen molar-refractivity contribution in [1.29, 1.82) is 0 Å². The predicted molar refractivity (Wildman–Crippen MR) is 101 cm³/mol. The molecule has 0 saturated carbocycles. The lowest BCUT2D eigenvalue weighted by atomic mass is 10.1. The normalized spacial score (nSPS) is 21.4. The molecule has 0 bridgehead atoms.